The molecule has 0 saturated heterocycles. The van der Waals surface area contributed by atoms with Crippen LogP contribution in [-0.4, -0.2) is 23.8 Å². The molecule has 1 saturated carbocycles. The summed E-state index contributed by atoms with van der Waals surface area (Å²) in [4.78, 5) is 4.42. The first-order valence-corrected chi connectivity index (χ1v) is 6.31. The van der Waals surface area contributed by atoms with Crippen molar-refractivity contribution < 1.29 is 9.26 Å². The molecule has 5 heteroatoms. The van der Waals surface area contributed by atoms with Gasteiger partial charge in [0.2, 0.25) is 5.89 Å². The van der Waals surface area contributed by atoms with Gasteiger partial charge in [-0.05, 0) is 45.1 Å². The number of aromatic nitrogens is 2. The Morgan fingerprint density at radius 2 is 2.12 bits per heavy atom. The minimum atomic E-state index is -0.104. The van der Waals surface area contributed by atoms with Crippen LogP contribution < -0.4 is 5.73 Å². The van der Waals surface area contributed by atoms with Gasteiger partial charge >= 0.3 is 0 Å². The maximum Gasteiger partial charge on any atom is 0.229 e. The second kappa shape index (κ2) is 5.60. The molecular formula is C12H21N3O2. The van der Waals surface area contributed by atoms with Gasteiger partial charge in [-0.25, -0.2) is 0 Å². The van der Waals surface area contributed by atoms with Crippen LogP contribution in [-0.2, 0) is 4.74 Å². The number of nitrogens with two attached hydrogens (primary N) is 1. The number of rotatable bonds is 4. The minimum absolute atomic E-state index is 0.104. The van der Waals surface area contributed by atoms with Crippen LogP contribution in [0.15, 0.2) is 4.52 Å². The van der Waals surface area contributed by atoms with Crippen molar-refractivity contribution in [1.29, 1.82) is 0 Å². The monoisotopic (exact) mass is 239 g/mol. The van der Waals surface area contributed by atoms with Gasteiger partial charge in [0.05, 0.1) is 0 Å². The number of methoxy groups -OCH3 is 1. The fourth-order valence-electron chi connectivity index (χ4n) is 2.33. The van der Waals surface area contributed by atoms with E-state index in [1.807, 2.05) is 6.92 Å². The molecule has 1 unspecified atom stereocenters. The lowest BCUT2D eigenvalue weighted by molar-refractivity contribution is 0.109. The Hall–Kier alpha value is -0.940. The summed E-state index contributed by atoms with van der Waals surface area (Å²) in [7, 11) is 1.65. The highest BCUT2D eigenvalue weighted by molar-refractivity contribution is 4.97. The molecule has 1 aromatic heterocycles. The largest absolute Gasteiger partial charge is 0.374 e. The van der Waals surface area contributed by atoms with Gasteiger partial charge in [0, 0.05) is 13.0 Å². The first kappa shape index (κ1) is 12.5. The second-order valence-corrected chi connectivity index (χ2v) is 4.82. The molecule has 96 valence electrons. The molecule has 2 N–H and O–H groups in total. The third-order valence-corrected chi connectivity index (χ3v) is 3.70. The van der Waals surface area contributed by atoms with Crippen LogP contribution >= 0.6 is 0 Å². The van der Waals surface area contributed by atoms with E-state index < -0.39 is 0 Å². The van der Waals surface area contributed by atoms with Crippen LogP contribution in [0.5, 0.6) is 0 Å². The first-order valence-electron chi connectivity index (χ1n) is 6.31. The van der Waals surface area contributed by atoms with Crippen LogP contribution in [0, 0.1) is 5.92 Å². The van der Waals surface area contributed by atoms with Crippen LogP contribution in [0.3, 0.4) is 0 Å². The molecule has 1 aliphatic rings. The van der Waals surface area contributed by atoms with Crippen LogP contribution in [0.25, 0.3) is 0 Å². The topological polar surface area (TPSA) is 74.2 Å². The standard InChI is InChI=1S/C12H21N3O2/c1-8(16-2)11-14-12(17-15-11)10-5-3-9(7-13)4-6-10/h8-10H,3-7,13H2,1-2H3. The average molecular weight is 239 g/mol. The molecule has 0 aliphatic heterocycles. The van der Waals surface area contributed by atoms with E-state index in [2.05, 4.69) is 10.1 Å². The van der Waals surface area contributed by atoms with E-state index in [1.165, 1.54) is 12.8 Å². The van der Waals surface area contributed by atoms with Gasteiger partial charge in [0.25, 0.3) is 0 Å². The Bertz CT molecular complexity index is 345. The molecule has 1 heterocycles. The van der Waals surface area contributed by atoms with E-state index >= 15 is 0 Å². The van der Waals surface area contributed by atoms with Crippen LogP contribution in [0.2, 0.25) is 0 Å². The zero-order valence-corrected chi connectivity index (χ0v) is 10.6. The fourth-order valence-corrected chi connectivity index (χ4v) is 2.33. The Morgan fingerprint density at radius 1 is 1.41 bits per heavy atom. The van der Waals surface area contributed by atoms with Crippen molar-refractivity contribution in [2.75, 3.05) is 13.7 Å². The zero-order valence-electron chi connectivity index (χ0n) is 10.6. The Morgan fingerprint density at radius 3 is 2.71 bits per heavy atom. The summed E-state index contributed by atoms with van der Waals surface area (Å²) in [6, 6.07) is 0. The van der Waals surface area contributed by atoms with Gasteiger partial charge in [-0.3, -0.25) is 0 Å². The summed E-state index contributed by atoms with van der Waals surface area (Å²) in [5.74, 6) is 2.48. The van der Waals surface area contributed by atoms with E-state index in [1.54, 1.807) is 7.11 Å². The maximum absolute atomic E-state index is 5.68. The molecule has 0 radical (unpaired) electrons. The van der Waals surface area contributed by atoms with Gasteiger partial charge in [-0.15, -0.1) is 0 Å². The molecule has 1 atom stereocenters. The summed E-state index contributed by atoms with van der Waals surface area (Å²) in [6.07, 6.45) is 4.43. The highest BCUT2D eigenvalue weighted by Gasteiger charge is 2.26. The minimum Gasteiger partial charge on any atom is -0.374 e. The van der Waals surface area contributed by atoms with Crippen molar-refractivity contribution in [3.8, 4) is 0 Å². The summed E-state index contributed by atoms with van der Waals surface area (Å²) < 4.78 is 10.5. The van der Waals surface area contributed by atoms with Gasteiger partial charge in [-0.2, -0.15) is 4.98 Å². The molecule has 5 nitrogen and oxygen atoms in total. The van der Waals surface area contributed by atoms with Gasteiger partial charge in [0.15, 0.2) is 5.82 Å². The highest BCUT2D eigenvalue weighted by Crippen LogP contribution is 2.34. The predicted molar refractivity (Wildman–Crippen MR) is 63.5 cm³/mol. The molecule has 2 rings (SSSR count). The molecule has 1 aliphatic carbocycles. The Labute approximate surface area is 102 Å². The third-order valence-electron chi connectivity index (χ3n) is 3.70. The van der Waals surface area contributed by atoms with E-state index in [4.69, 9.17) is 15.0 Å². The number of hydrogen-bond acceptors (Lipinski definition) is 5. The van der Waals surface area contributed by atoms with Crippen LogP contribution in [0.4, 0.5) is 0 Å². The molecular weight excluding hydrogens is 218 g/mol. The molecule has 0 bridgehead atoms. The lowest BCUT2D eigenvalue weighted by Crippen LogP contribution is -2.20. The fraction of sp³-hybridized carbons (Fsp3) is 0.833. The predicted octanol–water partition coefficient (Wildman–Crippen LogP) is 2.01. The van der Waals surface area contributed by atoms with Gasteiger partial charge < -0.3 is 15.0 Å². The van der Waals surface area contributed by atoms with Crippen molar-refractivity contribution in [3.63, 3.8) is 0 Å². The van der Waals surface area contributed by atoms with Crippen molar-refractivity contribution in [2.45, 2.75) is 44.6 Å². The first-order chi connectivity index (χ1) is 8.24. The molecule has 1 fully saturated rings. The van der Waals surface area contributed by atoms with Gasteiger partial charge in [0.1, 0.15) is 6.10 Å². The lowest BCUT2D eigenvalue weighted by atomic mass is 9.82. The van der Waals surface area contributed by atoms with E-state index in [0.717, 1.165) is 25.3 Å². The summed E-state index contributed by atoms with van der Waals surface area (Å²) in [5.41, 5.74) is 5.68. The van der Waals surface area contributed by atoms with Crippen LogP contribution in [0.1, 0.15) is 56.3 Å². The maximum atomic E-state index is 5.68. The number of hydrogen-bond donors (Lipinski definition) is 1. The highest BCUT2D eigenvalue weighted by atomic mass is 16.5. The second-order valence-electron chi connectivity index (χ2n) is 4.82. The number of ether oxygens (including phenoxy) is 1. The molecule has 1 aromatic rings. The van der Waals surface area contributed by atoms with Crippen molar-refractivity contribution >= 4 is 0 Å². The third kappa shape index (κ3) is 2.84. The van der Waals surface area contributed by atoms with Crippen molar-refractivity contribution in [1.82, 2.24) is 10.1 Å². The van der Waals surface area contributed by atoms with Crippen molar-refractivity contribution in [2.24, 2.45) is 11.7 Å². The Kier molecular flexibility index (Phi) is 4.12. The van der Waals surface area contributed by atoms with Gasteiger partial charge in [-0.1, -0.05) is 5.16 Å². The van der Waals surface area contributed by atoms with E-state index in [0.29, 0.717) is 17.7 Å². The lowest BCUT2D eigenvalue weighted by Gasteiger charge is -2.24. The summed E-state index contributed by atoms with van der Waals surface area (Å²) >= 11 is 0. The smallest absolute Gasteiger partial charge is 0.229 e. The molecule has 0 aromatic carbocycles. The summed E-state index contributed by atoms with van der Waals surface area (Å²) in [6.45, 7) is 2.71. The molecule has 17 heavy (non-hydrogen) atoms. The molecule has 0 spiro atoms. The number of nitrogens with zero attached hydrogens (tertiary/aromatic N) is 2. The Balaban J connectivity index is 1.97. The quantitative estimate of drug-likeness (QED) is 0.870. The van der Waals surface area contributed by atoms with Crippen molar-refractivity contribution in [3.05, 3.63) is 11.7 Å². The van der Waals surface area contributed by atoms with E-state index in [-0.39, 0.29) is 6.10 Å². The summed E-state index contributed by atoms with van der Waals surface area (Å²) in [5, 5.41) is 3.97. The average Bonchev–Trinajstić information content (AvgIpc) is 2.87. The zero-order chi connectivity index (χ0) is 12.3. The SMILES string of the molecule is COC(C)c1noc(C2CCC(CN)CC2)n1. The normalized spacial score (nSPS) is 27.0. The molecule has 0 amide bonds. The van der Waals surface area contributed by atoms with E-state index in [9.17, 15) is 0 Å².